The molecule has 1 aliphatic rings. The van der Waals surface area contributed by atoms with Crippen LogP contribution < -0.4 is 10.2 Å². The highest BCUT2D eigenvalue weighted by Crippen LogP contribution is 2.19. The Labute approximate surface area is 145 Å². The van der Waals surface area contributed by atoms with Gasteiger partial charge in [0.15, 0.2) is 0 Å². The maximum atomic E-state index is 12.1. The van der Waals surface area contributed by atoms with Gasteiger partial charge in [0, 0.05) is 17.1 Å². The van der Waals surface area contributed by atoms with Crippen molar-refractivity contribution >= 4 is 28.8 Å². The lowest BCUT2D eigenvalue weighted by molar-refractivity contribution is -0.129. The van der Waals surface area contributed by atoms with Crippen LogP contribution >= 0.6 is 11.3 Å². The second-order valence-electron chi connectivity index (χ2n) is 5.83. The van der Waals surface area contributed by atoms with Crippen molar-refractivity contribution in [2.75, 3.05) is 24.6 Å². The van der Waals surface area contributed by atoms with Crippen molar-refractivity contribution in [2.24, 2.45) is 0 Å². The molecule has 1 aromatic heterocycles. The molecule has 1 fully saturated rings. The molecule has 6 heteroatoms. The number of amides is 2. The van der Waals surface area contributed by atoms with Gasteiger partial charge in [0.05, 0.1) is 19.1 Å². The number of nitrogens with one attached hydrogen (secondary N) is 1. The lowest BCUT2D eigenvalue weighted by atomic mass is 10.2. The van der Waals surface area contributed by atoms with E-state index >= 15 is 0 Å². The Hall–Kier alpha value is -2.18. The highest BCUT2D eigenvalue weighted by molar-refractivity contribution is 7.10. The minimum atomic E-state index is -0.198. The number of thiophene rings is 1. The summed E-state index contributed by atoms with van der Waals surface area (Å²) >= 11 is 1.57. The van der Waals surface area contributed by atoms with Gasteiger partial charge in [-0.25, -0.2) is 0 Å². The third-order valence-corrected chi connectivity index (χ3v) is 4.79. The molecular formula is C18H20N2O3S. The molecule has 0 spiro atoms. The van der Waals surface area contributed by atoms with Crippen LogP contribution in [0.5, 0.6) is 0 Å². The zero-order valence-electron chi connectivity index (χ0n) is 13.5. The van der Waals surface area contributed by atoms with Gasteiger partial charge in [-0.15, -0.1) is 11.3 Å². The fourth-order valence-corrected chi connectivity index (χ4v) is 3.29. The van der Waals surface area contributed by atoms with E-state index in [1.54, 1.807) is 16.2 Å². The number of anilines is 1. The van der Waals surface area contributed by atoms with E-state index in [0.29, 0.717) is 19.5 Å². The highest BCUT2D eigenvalue weighted by Gasteiger charge is 2.27. The summed E-state index contributed by atoms with van der Waals surface area (Å²) in [6, 6.07) is 11.7. The van der Waals surface area contributed by atoms with E-state index in [0.717, 1.165) is 16.1 Å². The zero-order valence-corrected chi connectivity index (χ0v) is 14.3. The topological polar surface area (TPSA) is 58.6 Å². The SMILES string of the molecule is Cc1ccc(N2CC(CNC(=O)Cc3cccs3)OCC2=O)cc1. The first kappa shape index (κ1) is 16.7. The number of hydrogen-bond donors (Lipinski definition) is 1. The summed E-state index contributed by atoms with van der Waals surface area (Å²) in [6.45, 7) is 2.90. The Balaban J connectivity index is 1.54. The molecule has 2 aromatic rings. The van der Waals surface area contributed by atoms with Gasteiger partial charge >= 0.3 is 0 Å². The predicted octanol–water partition coefficient (Wildman–Crippen LogP) is 2.15. The highest BCUT2D eigenvalue weighted by atomic mass is 32.1. The van der Waals surface area contributed by atoms with Crippen LogP contribution in [0.2, 0.25) is 0 Å². The normalized spacial score (nSPS) is 17.8. The first-order chi connectivity index (χ1) is 11.6. The Morgan fingerprint density at radius 3 is 2.83 bits per heavy atom. The second kappa shape index (κ2) is 7.59. The van der Waals surface area contributed by atoms with Gasteiger partial charge in [-0.2, -0.15) is 0 Å². The molecule has 0 saturated carbocycles. The molecule has 2 heterocycles. The van der Waals surface area contributed by atoms with Crippen LogP contribution in [0.15, 0.2) is 41.8 Å². The molecule has 1 aliphatic heterocycles. The van der Waals surface area contributed by atoms with E-state index in [1.165, 1.54) is 0 Å². The summed E-state index contributed by atoms with van der Waals surface area (Å²) in [6.07, 6.45) is 0.182. The zero-order chi connectivity index (χ0) is 16.9. The lowest BCUT2D eigenvalue weighted by Crippen LogP contribution is -2.50. The van der Waals surface area contributed by atoms with Crippen LogP contribution in [0.25, 0.3) is 0 Å². The van der Waals surface area contributed by atoms with Gasteiger partial charge < -0.3 is 15.0 Å². The Bertz CT molecular complexity index is 698. The number of aryl methyl sites for hydroxylation is 1. The van der Waals surface area contributed by atoms with Crippen molar-refractivity contribution in [1.82, 2.24) is 5.32 Å². The van der Waals surface area contributed by atoms with Crippen LogP contribution in [0.1, 0.15) is 10.4 Å². The maximum Gasteiger partial charge on any atom is 0.253 e. The van der Waals surface area contributed by atoms with E-state index in [2.05, 4.69) is 5.32 Å². The molecule has 0 radical (unpaired) electrons. The molecule has 3 rings (SSSR count). The molecule has 0 aliphatic carbocycles. The van der Waals surface area contributed by atoms with Crippen LogP contribution in [-0.2, 0) is 20.7 Å². The van der Waals surface area contributed by atoms with Crippen molar-refractivity contribution in [3.05, 3.63) is 52.2 Å². The fourth-order valence-electron chi connectivity index (χ4n) is 2.58. The third-order valence-electron chi connectivity index (χ3n) is 3.92. The van der Waals surface area contributed by atoms with Gasteiger partial charge in [-0.3, -0.25) is 9.59 Å². The van der Waals surface area contributed by atoms with E-state index in [1.807, 2.05) is 48.7 Å². The number of benzene rings is 1. The molecule has 1 aromatic carbocycles. The van der Waals surface area contributed by atoms with Crippen molar-refractivity contribution in [2.45, 2.75) is 19.4 Å². The third kappa shape index (κ3) is 4.21. The molecular weight excluding hydrogens is 324 g/mol. The average Bonchev–Trinajstić information content (AvgIpc) is 3.08. The lowest BCUT2D eigenvalue weighted by Gasteiger charge is -2.33. The largest absolute Gasteiger partial charge is 0.365 e. The summed E-state index contributed by atoms with van der Waals surface area (Å²) < 4.78 is 5.55. The van der Waals surface area contributed by atoms with E-state index in [4.69, 9.17) is 4.74 Å². The number of carbonyl (C=O) groups excluding carboxylic acids is 2. The molecule has 126 valence electrons. The van der Waals surface area contributed by atoms with Crippen molar-refractivity contribution in [1.29, 1.82) is 0 Å². The predicted molar refractivity (Wildman–Crippen MR) is 94.3 cm³/mol. The summed E-state index contributed by atoms with van der Waals surface area (Å²) in [5.74, 6) is -0.0835. The molecule has 1 unspecified atom stereocenters. The minimum Gasteiger partial charge on any atom is -0.365 e. The van der Waals surface area contributed by atoms with Crippen molar-refractivity contribution in [3.8, 4) is 0 Å². The second-order valence-corrected chi connectivity index (χ2v) is 6.87. The first-order valence-electron chi connectivity index (χ1n) is 7.89. The summed E-state index contributed by atoms with van der Waals surface area (Å²) in [5, 5.41) is 4.85. The quantitative estimate of drug-likeness (QED) is 0.904. The van der Waals surface area contributed by atoms with Gasteiger partial charge in [0.2, 0.25) is 5.91 Å². The summed E-state index contributed by atoms with van der Waals surface area (Å²) in [7, 11) is 0. The number of carbonyl (C=O) groups is 2. The Morgan fingerprint density at radius 1 is 1.33 bits per heavy atom. The smallest absolute Gasteiger partial charge is 0.253 e. The van der Waals surface area contributed by atoms with E-state index < -0.39 is 0 Å². The molecule has 1 N–H and O–H groups in total. The molecule has 0 bridgehead atoms. The standard InChI is InChI=1S/C18H20N2O3S/c1-13-4-6-14(7-5-13)20-11-15(23-12-18(20)22)10-19-17(21)9-16-3-2-8-24-16/h2-8,15H,9-12H2,1H3,(H,19,21). The molecule has 5 nitrogen and oxygen atoms in total. The maximum absolute atomic E-state index is 12.1. The molecule has 2 amide bonds. The Kier molecular flexibility index (Phi) is 5.27. The molecule has 24 heavy (non-hydrogen) atoms. The van der Waals surface area contributed by atoms with Gasteiger partial charge in [-0.05, 0) is 30.5 Å². The monoisotopic (exact) mass is 344 g/mol. The van der Waals surface area contributed by atoms with E-state index in [-0.39, 0.29) is 24.5 Å². The minimum absolute atomic E-state index is 0.0279. The van der Waals surface area contributed by atoms with Gasteiger partial charge in [0.1, 0.15) is 6.61 Å². The Morgan fingerprint density at radius 2 is 2.12 bits per heavy atom. The van der Waals surface area contributed by atoms with Crippen molar-refractivity contribution < 1.29 is 14.3 Å². The number of rotatable bonds is 5. The number of ether oxygens (including phenoxy) is 1. The van der Waals surface area contributed by atoms with Crippen LogP contribution in [0.4, 0.5) is 5.69 Å². The average molecular weight is 344 g/mol. The first-order valence-corrected chi connectivity index (χ1v) is 8.77. The number of nitrogens with zero attached hydrogens (tertiary/aromatic N) is 1. The van der Waals surface area contributed by atoms with Crippen LogP contribution in [0, 0.1) is 6.92 Å². The van der Waals surface area contributed by atoms with Gasteiger partial charge in [0.25, 0.3) is 5.91 Å². The van der Waals surface area contributed by atoms with Crippen molar-refractivity contribution in [3.63, 3.8) is 0 Å². The number of hydrogen-bond acceptors (Lipinski definition) is 4. The van der Waals surface area contributed by atoms with Crippen LogP contribution in [0.3, 0.4) is 0 Å². The number of morpholine rings is 1. The summed E-state index contributed by atoms with van der Waals surface area (Å²) in [4.78, 5) is 26.8. The van der Waals surface area contributed by atoms with Gasteiger partial charge in [-0.1, -0.05) is 23.8 Å². The van der Waals surface area contributed by atoms with Crippen LogP contribution in [-0.4, -0.2) is 37.6 Å². The fraction of sp³-hybridized carbons (Fsp3) is 0.333. The molecule has 1 saturated heterocycles. The molecule has 1 atom stereocenters. The summed E-state index contributed by atoms with van der Waals surface area (Å²) in [5.41, 5.74) is 2.01. The van der Waals surface area contributed by atoms with E-state index in [9.17, 15) is 9.59 Å².